The molecule has 5 rings (SSSR count). The summed E-state index contributed by atoms with van der Waals surface area (Å²) in [7, 11) is 0. The summed E-state index contributed by atoms with van der Waals surface area (Å²) in [5.74, 6) is -0.432. The lowest BCUT2D eigenvalue weighted by Gasteiger charge is -2.30. The van der Waals surface area contributed by atoms with Crippen LogP contribution in [0.1, 0.15) is 52.9 Å². The first kappa shape index (κ1) is 24.3. The van der Waals surface area contributed by atoms with Crippen molar-refractivity contribution in [3.63, 3.8) is 0 Å². The number of carbonyl (C=O) groups excluding carboxylic acids is 1. The molecule has 4 heterocycles. The molecule has 0 spiro atoms. The highest BCUT2D eigenvalue weighted by Crippen LogP contribution is 2.41. The number of ether oxygens (including phenoxy) is 2. The number of aryl methyl sites for hydroxylation is 1. The van der Waals surface area contributed by atoms with Gasteiger partial charge in [0.05, 0.1) is 6.42 Å². The number of rotatable bonds is 7. The van der Waals surface area contributed by atoms with E-state index in [1.165, 1.54) is 22.7 Å². The molecule has 188 valence electrons. The van der Waals surface area contributed by atoms with Crippen LogP contribution in [0.4, 0.5) is 10.5 Å². The van der Waals surface area contributed by atoms with E-state index in [0.717, 1.165) is 10.6 Å². The first-order valence-electron chi connectivity index (χ1n) is 11.4. The number of thiazole rings is 2. The zero-order chi connectivity index (χ0) is 25.3. The fraction of sp³-hybridized carbons (Fsp3) is 0.375. The second kappa shape index (κ2) is 9.96. The highest BCUT2D eigenvalue weighted by Gasteiger charge is 2.45. The van der Waals surface area contributed by atoms with Gasteiger partial charge in [-0.2, -0.15) is 0 Å². The van der Waals surface area contributed by atoms with Crippen LogP contribution in [0.3, 0.4) is 0 Å². The van der Waals surface area contributed by atoms with E-state index in [-0.39, 0.29) is 0 Å². The molecule has 10 nitrogen and oxygen atoms in total. The van der Waals surface area contributed by atoms with Crippen LogP contribution in [0, 0.1) is 6.92 Å². The number of benzene rings is 1. The third-order valence-corrected chi connectivity index (χ3v) is 8.44. The smallest absolute Gasteiger partial charge is 0.412 e. The molecular formula is C24H24N4O6S2. The highest BCUT2D eigenvalue weighted by atomic mass is 32.1. The monoisotopic (exact) mass is 528 g/mol. The lowest BCUT2D eigenvalue weighted by Crippen LogP contribution is -2.41. The van der Waals surface area contributed by atoms with Gasteiger partial charge in [0.1, 0.15) is 32.9 Å². The number of hydrogen-bond acceptors (Lipinski definition) is 10. The predicted octanol–water partition coefficient (Wildman–Crippen LogP) is 5.08. The maximum Gasteiger partial charge on any atom is 0.412 e. The highest BCUT2D eigenvalue weighted by molar-refractivity contribution is 7.26. The van der Waals surface area contributed by atoms with Gasteiger partial charge >= 0.3 is 12.1 Å². The van der Waals surface area contributed by atoms with Crippen LogP contribution in [0.25, 0.3) is 9.66 Å². The summed E-state index contributed by atoms with van der Waals surface area (Å²) < 4.78 is 16.3. The van der Waals surface area contributed by atoms with Gasteiger partial charge in [-0.15, -0.1) is 0 Å². The number of carboxylic acid groups (broad SMARTS) is 1. The Labute approximate surface area is 214 Å². The number of aromatic nitrogens is 3. The number of amides is 1. The summed E-state index contributed by atoms with van der Waals surface area (Å²) in [6.07, 6.45) is 0.0420. The van der Waals surface area contributed by atoms with Crippen LogP contribution < -0.4 is 5.32 Å². The molecule has 0 aliphatic carbocycles. The van der Waals surface area contributed by atoms with Gasteiger partial charge in [0, 0.05) is 13.2 Å². The van der Waals surface area contributed by atoms with Crippen molar-refractivity contribution in [1.29, 1.82) is 0 Å². The normalized spacial score (nSPS) is 16.1. The first-order valence-corrected chi connectivity index (χ1v) is 13.0. The van der Waals surface area contributed by atoms with Crippen LogP contribution in [0.5, 0.6) is 0 Å². The molecule has 12 heteroatoms. The topological polar surface area (TPSA) is 137 Å². The molecule has 1 aromatic carbocycles. The molecule has 0 radical (unpaired) electrons. The average Bonchev–Trinajstić information content (AvgIpc) is 3.54. The van der Waals surface area contributed by atoms with Gasteiger partial charge in [-0.05, 0) is 32.3 Å². The fourth-order valence-electron chi connectivity index (χ4n) is 4.12. The Morgan fingerprint density at radius 1 is 1.17 bits per heavy atom. The molecule has 1 fully saturated rings. The van der Waals surface area contributed by atoms with E-state index >= 15 is 0 Å². The van der Waals surface area contributed by atoms with E-state index in [9.17, 15) is 14.7 Å². The van der Waals surface area contributed by atoms with Crippen molar-refractivity contribution in [2.45, 2.75) is 44.6 Å². The Hall–Kier alpha value is -3.35. The standard InChI is InChI=1S/C24H24N4O6S2/c1-13-18(26-23(31)33-14(2)15-6-4-3-5-7-15)16(34-28-13)12-17-25-19-20(35-17)27-21(36-19)24(22(29)30)8-10-32-11-9-24/h3-7,14H,8-12H2,1-2H3,(H,26,31)(H,29,30). The van der Waals surface area contributed by atoms with Crippen LogP contribution in [0.15, 0.2) is 34.9 Å². The minimum absolute atomic E-state index is 0.297. The number of aliphatic carboxylic acids is 1. The Bertz CT molecular complexity index is 1360. The first-order chi connectivity index (χ1) is 17.4. The van der Waals surface area contributed by atoms with Crippen LogP contribution in [-0.4, -0.2) is 45.5 Å². The number of anilines is 1. The number of carboxylic acids is 1. The fourth-order valence-corrected chi connectivity index (χ4v) is 6.42. The summed E-state index contributed by atoms with van der Waals surface area (Å²) in [6, 6.07) is 9.45. The van der Waals surface area contributed by atoms with Gasteiger partial charge in [0.2, 0.25) is 0 Å². The van der Waals surface area contributed by atoms with Gasteiger partial charge in [-0.3, -0.25) is 10.1 Å². The zero-order valence-corrected chi connectivity index (χ0v) is 21.3. The van der Waals surface area contributed by atoms with Gasteiger partial charge in [-0.1, -0.05) is 58.2 Å². The predicted molar refractivity (Wildman–Crippen MR) is 134 cm³/mol. The SMILES string of the molecule is Cc1noc(Cc2nc3sc(C4(C(=O)O)CCOCC4)nc3s2)c1NC(=O)OC(C)c1ccccc1. The number of nitrogens with one attached hydrogen (secondary N) is 1. The lowest BCUT2D eigenvalue weighted by molar-refractivity contribution is -0.147. The lowest BCUT2D eigenvalue weighted by atomic mass is 9.81. The second-order valence-corrected chi connectivity index (χ2v) is 10.6. The minimum atomic E-state index is -1.03. The van der Waals surface area contributed by atoms with Gasteiger partial charge in [0.25, 0.3) is 0 Å². The van der Waals surface area contributed by atoms with Crippen molar-refractivity contribution in [3.05, 3.63) is 57.4 Å². The molecule has 1 saturated heterocycles. The summed E-state index contributed by atoms with van der Waals surface area (Å²) in [5, 5.41) is 17.9. The van der Waals surface area contributed by atoms with Gasteiger partial charge in [0.15, 0.2) is 15.4 Å². The third kappa shape index (κ3) is 4.71. The quantitative estimate of drug-likeness (QED) is 0.336. The number of fused-ring (bicyclic) bond motifs is 1. The van der Waals surface area contributed by atoms with Crippen LogP contribution in [-0.2, 0) is 26.1 Å². The Morgan fingerprint density at radius 3 is 2.58 bits per heavy atom. The molecule has 3 aromatic heterocycles. The molecule has 1 unspecified atom stereocenters. The molecule has 1 amide bonds. The van der Waals surface area contributed by atoms with Crippen molar-refractivity contribution in [2.24, 2.45) is 0 Å². The Kier molecular flexibility index (Phi) is 6.73. The van der Waals surface area contributed by atoms with E-state index in [1.54, 1.807) is 13.8 Å². The summed E-state index contributed by atoms with van der Waals surface area (Å²) in [6.45, 7) is 4.32. The van der Waals surface area contributed by atoms with E-state index in [4.69, 9.17) is 14.0 Å². The van der Waals surface area contributed by atoms with Crippen molar-refractivity contribution in [1.82, 2.24) is 15.1 Å². The van der Waals surface area contributed by atoms with Crippen LogP contribution in [0.2, 0.25) is 0 Å². The minimum Gasteiger partial charge on any atom is -0.481 e. The van der Waals surface area contributed by atoms with E-state index in [1.807, 2.05) is 30.3 Å². The molecule has 0 saturated carbocycles. The second-order valence-electron chi connectivity index (χ2n) is 8.56. The van der Waals surface area contributed by atoms with E-state index in [2.05, 4.69) is 20.4 Å². The average molecular weight is 529 g/mol. The third-order valence-electron chi connectivity index (χ3n) is 6.21. The molecule has 1 atom stereocenters. The summed E-state index contributed by atoms with van der Waals surface area (Å²) in [5.41, 5.74) is 0.824. The largest absolute Gasteiger partial charge is 0.481 e. The maximum atomic E-state index is 12.5. The Morgan fingerprint density at radius 2 is 1.89 bits per heavy atom. The zero-order valence-electron chi connectivity index (χ0n) is 19.6. The molecular weight excluding hydrogens is 504 g/mol. The Balaban J connectivity index is 1.30. The van der Waals surface area contributed by atoms with E-state index < -0.39 is 23.6 Å². The number of hydrogen-bond donors (Lipinski definition) is 2. The molecule has 0 bridgehead atoms. The summed E-state index contributed by atoms with van der Waals surface area (Å²) in [4.78, 5) is 35.3. The summed E-state index contributed by atoms with van der Waals surface area (Å²) >= 11 is 2.67. The van der Waals surface area contributed by atoms with Gasteiger partial charge in [-0.25, -0.2) is 14.8 Å². The molecule has 4 aromatic rings. The number of nitrogens with zero attached hydrogens (tertiary/aromatic N) is 3. The van der Waals surface area contributed by atoms with Crippen molar-refractivity contribution in [3.8, 4) is 0 Å². The van der Waals surface area contributed by atoms with Crippen LogP contribution >= 0.6 is 22.7 Å². The molecule has 1 aliphatic heterocycles. The van der Waals surface area contributed by atoms with Crippen molar-refractivity contribution >= 4 is 50.1 Å². The molecule has 36 heavy (non-hydrogen) atoms. The molecule has 1 aliphatic rings. The van der Waals surface area contributed by atoms with Crippen molar-refractivity contribution < 1.29 is 28.7 Å². The van der Waals surface area contributed by atoms with E-state index in [0.29, 0.717) is 64.3 Å². The van der Waals surface area contributed by atoms with Crippen molar-refractivity contribution in [2.75, 3.05) is 18.5 Å². The maximum absolute atomic E-state index is 12.5. The number of carbonyl (C=O) groups is 2. The molecule has 2 N–H and O–H groups in total. The van der Waals surface area contributed by atoms with Gasteiger partial charge < -0.3 is 19.1 Å².